The van der Waals surface area contributed by atoms with Gasteiger partial charge in [-0.3, -0.25) is 9.59 Å². The average Bonchev–Trinajstić information content (AvgIpc) is 2.87. The van der Waals surface area contributed by atoms with Crippen molar-refractivity contribution >= 4 is 35.2 Å². The van der Waals surface area contributed by atoms with Crippen molar-refractivity contribution in [1.29, 1.82) is 0 Å². The van der Waals surface area contributed by atoms with E-state index in [9.17, 15) is 14.4 Å². The molecule has 1 aliphatic carbocycles. The first-order chi connectivity index (χ1) is 13.1. The van der Waals surface area contributed by atoms with E-state index >= 15 is 0 Å². The third-order valence-electron chi connectivity index (χ3n) is 5.91. The van der Waals surface area contributed by atoms with E-state index in [4.69, 9.17) is 4.74 Å². The van der Waals surface area contributed by atoms with Gasteiger partial charge >= 0.3 is 5.97 Å². The Morgan fingerprint density at radius 3 is 2.86 bits per heavy atom. The number of nitrogens with zero attached hydrogens (tertiary/aromatic N) is 1. The Hall–Kier alpha value is -2.02. The van der Waals surface area contributed by atoms with E-state index in [1.165, 1.54) is 11.8 Å². The predicted molar refractivity (Wildman–Crippen MR) is 107 cm³/mol. The maximum absolute atomic E-state index is 12.7. The number of rotatable bonds is 3. The number of ether oxygens (including phenoxy) is 1. The number of carbonyl (C=O) groups is 3. The van der Waals surface area contributed by atoms with Crippen LogP contribution in [0, 0.1) is 10.8 Å². The summed E-state index contributed by atoms with van der Waals surface area (Å²) in [6.45, 7) is 7.26. The van der Waals surface area contributed by atoms with E-state index in [0.29, 0.717) is 17.0 Å². The number of nitrogens with one attached hydrogen (secondary N) is 1. The number of hydrogen-bond donors (Lipinski definition) is 1. The van der Waals surface area contributed by atoms with Gasteiger partial charge in [-0.1, -0.05) is 20.8 Å². The smallest absolute Gasteiger partial charge is 0.338 e. The molecular weight excluding hydrogens is 376 g/mol. The van der Waals surface area contributed by atoms with Crippen LogP contribution in [0.4, 0.5) is 5.69 Å². The highest BCUT2D eigenvalue weighted by atomic mass is 32.2. The molecule has 1 saturated heterocycles. The summed E-state index contributed by atoms with van der Waals surface area (Å²) in [5.41, 5.74) is 1.34. The zero-order valence-electron chi connectivity index (χ0n) is 16.5. The lowest BCUT2D eigenvalue weighted by atomic mass is 9.65. The summed E-state index contributed by atoms with van der Waals surface area (Å²) in [6, 6.07) is 5.31. The number of benzene rings is 1. The van der Waals surface area contributed by atoms with Crippen molar-refractivity contribution in [3.8, 4) is 0 Å². The van der Waals surface area contributed by atoms with Crippen LogP contribution in [0.1, 0.15) is 50.4 Å². The zero-order valence-corrected chi connectivity index (χ0v) is 17.4. The van der Waals surface area contributed by atoms with Gasteiger partial charge < -0.3 is 15.0 Å². The Labute approximate surface area is 169 Å². The van der Waals surface area contributed by atoms with Crippen LogP contribution in [0.5, 0.6) is 0 Å². The van der Waals surface area contributed by atoms with Crippen LogP contribution in [-0.4, -0.2) is 47.6 Å². The van der Waals surface area contributed by atoms with Gasteiger partial charge in [-0.05, 0) is 48.3 Å². The van der Waals surface area contributed by atoms with Crippen molar-refractivity contribution in [2.75, 3.05) is 24.2 Å². The quantitative estimate of drug-likeness (QED) is 0.785. The molecule has 2 atom stereocenters. The van der Waals surface area contributed by atoms with Crippen LogP contribution in [-0.2, 0) is 14.3 Å². The van der Waals surface area contributed by atoms with Gasteiger partial charge in [0.15, 0.2) is 6.61 Å². The molecule has 0 spiro atoms. The van der Waals surface area contributed by atoms with Crippen molar-refractivity contribution < 1.29 is 19.1 Å². The summed E-state index contributed by atoms with van der Waals surface area (Å²) < 4.78 is 5.30. The first-order valence-corrected chi connectivity index (χ1v) is 10.7. The fourth-order valence-corrected chi connectivity index (χ4v) is 6.04. The Morgan fingerprint density at radius 2 is 2.07 bits per heavy atom. The molecule has 1 aromatic rings. The van der Waals surface area contributed by atoms with Crippen molar-refractivity contribution in [3.05, 3.63) is 23.8 Å². The van der Waals surface area contributed by atoms with Crippen LogP contribution >= 0.6 is 11.8 Å². The third-order valence-corrected chi connectivity index (χ3v) is 6.98. The minimum absolute atomic E-state index is 0.0882. The van der Waals surface area contributed by atoms with E-state index in [1.54, 1.807) is 18.2 Å². The Balaban J connectivity index is 1.38. The third kappa shape index (κ3) is 3.77. The molecule has 0 radical (unpaired) electrons. The van der Waals surface area contributed by atoms with Crippen LogP contribution in [0.25, 0.3) is 0 Å². The van der Waals surface area contributed by atoms with Gasteiger partial charge in [0.1, 0.15) is 0 Å². The summed E-state index contributed by atoms with van der Waals surface area (Å²) in [6.07, 6.45) is 3.13. The van der Waals surface area contributed by atoms with Crippen LogP contribution in [0.3, 0.4) is 0 Å². The molecule has 150 valence electrons. The number of thioether (sulfide) groups is 1. The fraction of sp³-hybridized carbons (Fsp3) is 0.571. The van der Waals surface area contributed by atoms with E-state index in [1.807, 2.05) is 4.90 Å². The summed E-state index contributed by atoms with van der Waals surface area (Å²) in [5, 5.41) is 2.76. The summed E-state index contributed by atoms with van der Waals surface area (Å²) in [4.78, 5) is 39.5. The molecule has 2 fully saturated rings. The molecule has 1 N–H and O–H groups in total. The standard InChI is InChI=1S/C21H26N2O4S/c1-20(2)7-14-8-21(3,11-20)12-23(14)18(25)9-27-19(26)13-4-5-16-15(6-13)22-17(24)10-28-16/h4-6,14H,7-12H2,1-3H3,(H,22,24)/t14-,21+/m1/s1. The average molecular weight is 403 g/mol. The Kier molecular flexibility index (Phi) is 4.68. The topological polar surface area (TPSA) is 75.7 Å². The van der Waals surface area contributed by atoms with E-state index < -0.39 is 5.97 Å². The predicted octanol–water partition coefficient (Wildman–Crippen LogP) is 3.31. The monoisotopic (exact) mass is 402 g/mol. The first kappa shape index (κ1) is 19.3. The molecule has 2 amide bonds. The van der Waals surface area contributed by atoms with Crippen LogP contribution in [0.15, 0.2) is 23.1 Å². The molecule has 2 bridgehead atoms. The number of fused-ring (bicyclic) bond motifs is 3. The molecule has 7 heteroatoms. The van der Waals surface area contributed by atoms with Gasteiger partial charge in [0.05, 0.1) is 17.0 Å². The highest BCUT2D eigenvalue weighted by Gasteiger charge is 2.50. The fourth-order valence-electron chi connectivity index (χ4n) is 5.26. The summed E-state index contributed by atoms with van der Waals surface area (Å²) in [5.74, 6) is -0.385. The molecule has 1 saturated carbocycles. The van der Waals surface area contributed by atoms with Gasteiger partial charge in [-0.25, -0.2) is 4.79 Å². The lowest BCUT2D eigenvalue weighted by molar-refractivity contribution is -0.135. The molecule has 4 rings (SSSR count). The number of esters is 1. The number of carbonyl (C=O) groups excluding carboxylic acids is 3. The molecular formula is C21H26N2O4S. The number of amides is 2. The highest BCUT2D eigenvalue weighted by Crippen LogP contribution is 2.52. The largest absolute Gasteiger partial charge is 0.452 e. The molecule has 3 aliphatic rings. The SMILES string of the molecule is CC1(C)C[C@@H]2C[C@](C)(CN2C(=O)COC(=O)c2ccc3c(c2)NC(=O)CS3)C1. The van der Waals surface area contributed by atoms with E-state index in [-0.39, 0.29) is 35.3 Å². The molecule has 2 aliphatic heterocycles. The summed E-state index contributed by atoms with van der Waals surface area (Å²) in [7, 11) is 0. The van der Waals surface area contributed by atoms with Crippen molar-refractivity contribution in [2.45, 2.75) is 51.0 Å². The first-order valence-electron chi connectivity index (χ1n) is 9.68. The van der Waals surface area contributed by atoms with E-state index in [2.05, 4.69) is 26.1 Å². The van der Waals surface area contributed by atoms with Gasteiger partial charge in [0.2, 0.25) is 5.91 Å². The maximum atomic E-state index is 12.7. The van der Waals surface area contributed by atoms with Crippen LogP contribution < -0.4 is 5.32 Å². The second-order valence-corrected chi connectivity index (χ2v) is 10.4. The molecule has 0 unspecified atom stereocenters. The van der Waals surface area contributed by atoms with Crippen molar-refractivity contribution in [2.24, 2.45) is 10.8 Å². The van der Waals surface area contributed by atoms with Crippen molar-refractivity contribution in [3.63, 3.8) is 0 Å². The van der Waals surface area contributed by atoms with Gasteiger partial charge in [0, 0.05) is 17.5 Å². The Morgan fingerprint density at radius 1 is 1.29 bits per heavy atom. The summed E-state index contributed by atoms with van der Waals surface area (Å²) >= 11 is 1.44. The minimum Gasteiger partial charge on any atom is -0.452 e. The molecule has 1 aromatic carbocycles. The van der Waals surface area contributed by atoms with Gasteiger partial charge in [0.25, 0.3) is 5.91 Å². The molecule has 6 nitrogen and oxygen atoms in total. The molecule has 0 aromatic heterocycles. The van der Waals surface area contributed by atoms with E-state index in [0.717, 1.165) is 30.7 Å². The van der Waals surface area contributed by atoms with Gasteiger partial charge in [-0.15, -0.1) is 11.8 Å². The highest BCUT2D eigenvalue weighted by molar-refractivity contribution is 8.00. The Bertz CT molecular complexity index is 853. The van der Waals surface area contributed by atoms with Gasteiger partial charge in [-0.2, -0.15) is 0 Å². The maximum Gasteiger partial charge on any atom is 0.338 e. The number of likely N-dealkylation sites (tertiary alicyclic amines) is 1. The number of anilines is 1. The minimum atomic E-state index is -0.547. The lowest BCUT2D eigenvalue weighted by Gasteiger charge is -2.39. The second kappa shape index (κ2) is 6.79. The van der Waals surface area contributed by atoms with Crippen molar-refractivity contribution in [1.82, 2.24) is 4.90 Å². The molecule has 2 heterocycles. The number of hydrogen-bond acceptors (Lipinski definition) is 5. The second-order valence-electron chi connectivity index (χ2n) is 9.36. The molecule has 28 heavy (non-hydrogen) atoms. The normalized spacial score (nSPS) is 27.8. The zero-order chi connectivity index (χ0) is 20.1. The lowest BCUT2D eigenvalue weighted by Crippen LogP contribution is -2.39. The van der Waals surface area contributed by atoms with Crippen LogP contribution in [0.2, 0.25) is 0 Å².